The molecular weight excluding hydrogens is 374 g/mol. The fourth-order valence-corrected chi connectivity index (χ4v) is 5.21. The minimum Gasteiger partial charge on any atom is -0.383 e. The van der Waals surface area contributed by atoms with Crippen LogP contribution in [0.4, 0.5) is 5.69 Å². The summed E-state index contributed by atoms with van der Waals surface area (Å²) in [5, 5.41) is 10.2. The van der Waals surface area contributed by atoms with Crippen LogP contribution in [-0.4, -0.2) is 56.4 Å². The molecule has 0 spiro atoms. The van der Waals surface area contributed by atoms with E-state index in [2.05, 4.69) is 49.6 Å². The zero-order valence-corrected chi connectivity index (χ0v) is 19.3. The highest BCUT2D eigenvalue weighted by atomic mass is 16.5. The minimum absolute atomic E-state index is 0.211. The van der Waals surface area contributed by atoms with Gasteiger partial charge in [0, 0.05) is 45.8 Å². The van der Waals surface area contributed by atoms with Crippen LogP contribution in [-0.2, 0) is 22.5 Å². The minimum atomic E-state index is -0.211. The van der Waals surface area contributed by atoms with Crippen LogP contribution in [0, 0.1) is 17.2 Å². The average molecular weight is 412 g/mol. The predicted octanol–water partition coefficient (Wildman–Crippen LogP) is 4.08. The van der Waals surface area contributed by atoms with Gasteiger partial charge in [0.05, 0.1) is 30.1 Å². The third-order valence-electron chi connectivity index (χ3n) is 7.13. The van der Waals surface area contributed by atoms with E-state index in [9.17, 15) is 5.26 Å². The van der Waals surface area contributed by atoms with Crippen molar-refractivity contribution in [2.75, 3.05) is 44.8 Å². The Morgan fingerprint density at radius 3 is 2.67 bits per heavy atom. The molecule has 1 aromatic rings. The van der Waals surface area contributed by atoms with Crippen molar-refractivity contribution in [1.82, 2.24) is 4.90 Å². The Hall–Kier alpha value is -1.61. The first-order valence-corrected chi connectivity index (χ1v) is 11.5. The van der Waals surface area contributed by atoms with Gasteiger partial charge in [0.25, 0.3) is 0 Å². The Balaban J connectivity index is 1.70. The van der Waals surface area contributed by atoms with Crippen LogP contribution < -0.4 is 4.90 Å². The van der Waals surface area contributed by atoms with Gasteiger partial charge in [-0.1, -0.05) is 13.8 Å². The van der Waals surface area contributed by atoms with E-state index in [1.54, 1.807) is 7.11 Å². The molecule has 5 nitrogen and oxygen atoms in total. The molecular formula is C25H37N3O2. The lowest BCUT2D eigenvalue weighted by Crippen LogP contribution is -2.56. The van der Waals surface area contributed by atoms with E-state index < -0.39 is 0 Å². The number of fused-ring (bicyclic) bond motifs is 1. The molecule has 2 heterocycles. The fraction of sp³-hybridized carbons (Fsp3) is 0.720. The number of methoxy groups -OCH3 is 1. The summed E-state index contributed by atoms with van der Waals surface area (Å²) in [6, 6.07) is 5.42. The normalized spacial score (nSPS) is 24.0. The van der Waals surface area contributed by atoms with Crippen molar-refractivity contribution in [1.29, 1.82) is 5.26 Å². The first-order chi connectivity index (χ1) is 14.3. The molecule has 0 N–H and O–H groups in total. The van der Waals surface area contributed by atoms with Crippen LogP contribution in [0.25, 0.3) is 0 Å². The third kappa shape index (κ3) is 4.23. The molecule has 0 aromatic heterocycles. The molecule has 2 fully saturated rings. The molecule has 0 unspecified atom stereocenters. The van der Waals surface area contributed by atoms with Crippen LogP contribution in [0.1, 0.15) is 68.7 Å². The molecule has 1 saturated heterocycles. The molecule has 3 aliphatic rings. The van der Waals surface area contributed by atoms with Gasteiger partial charge in [-0.25, -0.2) is 0 Å². The molecule has 1 saturated carbocycles. The first kappa shape index (κ1) is 21.6. The van der Waals surface area contributed by atoms with Gasteiger partial charge in [0.1, 0.15) is 6.07 Å². The van der Waals surface area contributed by atoms with Crippen molar-refractivity contribution in [3.63, 3.8) is 0 Å². The molecule has 5 heteroatoms. The van der Waals surface area contributed by atoms with Gasteiger partial charge in [-0.05, 0) is 61.3 Å². The number of ether oxygens (including phenoxy) is 2. The standard InChI is InChI=1S/C25H37N3O2/c1-17(2)24-15-28(9-8-27(24)10-11-29-5)23-12-19(18-6-7-18)22-16-30-25(3,4)13-20(22)21(23)14-26/h12,17-18,24H,6-11,13,15-16H2,1-5H3/t24-/m0/s1. The zero-order valence-electron chi connectivity index (χ0n) is 19.3. The van der Waals surface area contributed by atoms with Gasteiger partial charge >= 0.3 is 0 Å². The van der Waals surface area contributed by atoms with E-state index in [-0.39, 0.29) is 5.60 Å². The largest absolute Gasteiger partial charge is 0.383 e. The summed E-state index contributed by atoms with van der Waals surface area (Å²) in [5.41, 5.74) is 5.83. The predicted molar refractivity (Wildman–Crippen MR) is 120 cm³/mol. The second-order valence-corrected chi connectivity index (χ2v) is 10.2. The van der Waals surface area contributed by atoms with Crippen LogP contribution in [0.3, 0.4) is 0 Å². The Bertz CT molecular complexity index is 823. The fourth-order valence-electron chi connectivity index (χ4n) is 5.21. The Morgan fingerprint density at radius 1 is 1.27 bits per heavy atom. The topological polar surface area (TPSA) is 48.7 Å². The Morgan fingerprint density at radius 2 is 2.03 bits per heavy atom. The number of nitriles is 1. The van der Waals surface area contributed by atoms with Crippen LogP contribution in [0.5, 0.6) is 0 Å². The van der Waals surface area contributed by atoms with E-state index in [0.29, 0.717) is 24.5 Å². The van der Waals surface area contributed by atoms with Gasteiger partial charge in [-0.3, -0.25) is 4.90 Å². The van der Waals surface area contributed by atoms with Crippen molar-refractivity contribution in [2.45, 2.75) is 71.1 Å². The number of hydrogen-bond acceptors (Lipinski definition) is 5. The number of rotatable bonds is 6. The molecule has 1 aromatic carbocycles. The van der Waals surface area contributed by atoms with E-state index in [1.165, 1.54) is 29.5 Å². The van der Waals surface area contributed by atoms with Gasteiger partial charge in [0.2, 0.25) is 0 Å². The second kappa shape index (κ2) is 8.49. The van der Waals surface area contributed by atoms with Crippen molar-refractivity contribution < 1.29 is 9.47 Å². The van der Waals surface area contributed by atoms with Crippen LogP contribution >= 0.6 is 0 Å². The van der Waals surface area contributed by atoms with Crippen LogP contribution in [0.15, 0.2) is 6.07 Å². The lowest BCUT2D eigenvalue weighted by atomic mass is 9.83. The number of benzene rings is 1. The van der Waals surface area contributed by atoms with Crippen molar-refractivity contribution in [3.05, 3.63) is 28.3 Å². The van der Waals surface area contributed by atoms with Gasteiger partial charge in [0.15, 0.2) is 0 Å². The summed E-state index contributed by atoms with van der Waals surface area (Å²) in [6.45, 7) is 14.2. The van der Waals surface area contributed by atoms with Crippen molar-refractivity contribution in [3.8, 4) is 6.07 Å². The summed E-state index contributed by atoms with van der Waals surface area (Å²) in [6.07, 6.45) is 3.35. The molecule has 2 aliphatic heterocycles. The molecule has 1 atom stereocenters. The highest BCUT2D eigenvalue weighted by Crippen LogP contribution is 2.47. The maximum atomic E-state index is 10.2. The van der Waals surface area contributed by atoms with Crippen LogP contribution in [0.2, 0.25) is 0 Å². The zero-order chi connectivity index (χ0) is 21.5. The number of piperazine rings is 1. The number of nitrogens with zero attached hydrogens (tertiary/aromatic N) is 3. The Labute approximate surface area is 181 Å². The van der Waals surface area contributed by atoms with Gasteiger partial charge in [-0.2, -0.15) is 5.26 Å². The highest BCUT2D eigenvalue weighted by Gasteiger charge is 2.37. The summed E-state index contributed by atoms with van der Waals surface area (Å²) < 4.78 is 11.5. The molecule has 164 valence electrons. The SMILES string of the molecule is COCCN1CCN(c2cc(C3CC3)c3c(c2C#N)CC(C)(C)OC3)C[C@H]1C(C)C. The van der Waals surface area contributed by atoms with E-state index in [0.717, 1.165) is 50.5 Å². The molecule has 0 radical (unpaired) electrons. The monoisotopic (exact) mass is 411 g/mol. The summed E-state index contributed by atoms with van der Waals surface area (Å²) in [7, 11) is 1.78. The van der Waals surface area contributed by atoms with Gasteiger partial charge < -0.3 is 14.4 Å². The Kier molecular flexibility index (Phi) is 6.12. The number of anilines is 1. The maximum absolute atomic E-state index is 10.2. The molecule has 0 bridgehead atoms. The smallest absolute Gasteiger partial charge is 0.102 e. The second-order valence-electron chi connectivity index (χ2n) is 10.2. The van der Waals surface area contributed by atoms with Crippen molar-refractivity contribution >= 4 is 5.69 Å². The molecule has 0 amide bonds. The van der Waals surface area contributed by atoms with E-state index in [1.807, 2.05) is 0 Å². The third-order valence-corrected chi connectivity index (χ3v) is 7.13. The summed E-state index contributed by atoms with van der Waals surface area (Å²) in [4.78, 5) is 5.05. The summed E-state index contributed by atoms with van der Waals surface area (Å²) in [5.74, 6) is 1.21. The first-order valence-electron chi connectivity index (χ1n) is 11.5. The summed E-state index contributed by atoms with van der Waals surface area (Å²) >= 11 is 0. The van der Waals surface area contributed by atoms with E-state index in [4.69, 9.17) is 9.47 Å². The number of hydrogen-bond donors (Lipinski definition) is 0. The quantitative estimate of drug-likeness (QED) is 0.706. The lowest BCUT2D eigenvalue weighted by Gasteiger charge is -2.45. The lowest BCUT2D eigenvalue weighted by molar-refractivity contribution is -0.0405. The molecule has 30 heavy (non-hydrogen) atoms. The molecule has 1 aliphatic carbocycles. The van der Waals surface area contributed by atoms with Gasteiger partial charge in [-0.15, -0.1) is 0 Å². The highest BCUT2D eigenvalue weighted by molar-refractivity contribution is 5.68. The molecule has 4 rings (SSSR count). The van der Waals surface area contributed by atoms with E-state index >= 15 is 0 Å². The van der Waals surface area contributed by atoms with Crippen molar-refractivity contribution in [2.24, 2.45) is 5.92 Å². The average Bonchev–Trinajstić information content (AvgIpc) is 3.55. The maximum Gasteiger partial charge on any atom is 0.102 e.